The van der Waals surface area contributed by atoms with Crippen LogP contribution in [0.3, 0.4) is 0 Å². The van der Waals surface area contributed by atoms with Crippen molar-refractivity contribution in [3.05, 3.63) is 30.1 Å². The zero-order valence-corrected chi connectivity index (χ0v) is 13.1. The van der Waals surface area contributed by atoms with Crippen molar-refractivity contribution in [1.82, 2.24) is 9.55 Å². The normalized spacial score (nSPS) is 18.2. The molecule has 0 aliphatic heterocycles. The van der Waals surface area contributed by atoms with E-state index in [1.165, 1.54) is 43.4 Å². The predicted molar refractivity (Wildman–Crippen MR) is 88.3 cm³/mol. The van der Waals surface area contributed by atoms with Crippen molar-refractivity contribution in [2.24, 2.45) is 11.1 Å². The number of aromatic nitrogens is 2. The molecule has 1 aromatic carbocycles. The van der Waals surface area contributed by atoms with E-state index in [1.54, 1.807) is 0 Å². The number of hydrogen-bond donors (Lipinski definition) is 1. The SMILES string of the molecule is CCCn1c(CC2(CN)CCCCC2)nc2ccccc21. The summed E-state index contributed by atoms with van der Waals surface area (Å²) in [5.74, 6) is 1.24. The van der Waals surface area contributed by atoms with Gasteiger partial charge in [-0.3, -0.25) is 0 Å². The molecule has 0 unspecified atom stereocenters. The number of imidazole rings is 1. The van der Waals surface area contributed by atoms with E-state index in [4.69, 9.17) is 10.7 Å². The molecule has 3 nitrogen and oxygen atoms in total. The molecule has 0 radical (unpaired) electrons. The van der Waals surface area contributed by atoms with Gasteiger partial charge in [0.2, 0.25) is 0 Å². The quantitative estimate of drug-likeness (QED) is 0.905. The minimum Gasteiger partial charge on any atom is -0.330 e. The third-order valence-electron chi connectivity index (χ3n) is 5.06. The summed E-state index contributed by atoms with van der Waals surface area (Å²) < 4.78 is 2.42. The van der Waals surface area contributed by atoms with E-state index >= 15 is 0 Å². The van der Waals surface area contributed by atoms with Crippen LogP contribution in [0, 0.1) is 5.41 Å². The lowest BCUT2D eigenvalue weighted by atomic mass is 9.71. The van der Waals surface area contributed by atoms with Crippen LogP contribution in [0.5, 0.6) is 0 Å². The van der Waals surface area contributed by atoms with Gasteiger partial charge in [0.1, 0.15) is 5.82 Å². The van der Waals surface area contributed by atoms with Crippen molar-refractivity contribution in [1.29, 1.82) is 0 Å². The average Bonchev–Trinajstić information content (AvgIpc) is 2.86. The number of hydrogen-bond acceptors (Lipinski definition) is 2. The molecular formula is C18H27N3. The van der Waals surface area contributed by atoms with Crippen LogP contribution >= 0.6 is 0 Å². The fourth-order valence-electron chi connectivity index (χ4n) is 3.82. The van der Waals surface area contributed by atoms with Gasteiger partial charge in [-0.25, -0.2) is 4.98 Å². The summed E-state index contributed by atoms with van der Waals surface area (Å²) >= 11 is 0. The van der Waals surface area contributed by atoms with Crippen LogP contribution < -0.4 is 5.73 Å². The fraction of sp³-hybridized carbons (Fsp3) is 0.611. The van der Waals surface area contributed by atoms with E-state index < -0.39 is 0 Å². The van der Waals surface area contributed by atoms with Crippen LogP contribution in [0.1, 0.15) is 51.3 Å². The van der Waals surface area contributed by atoms with E-state index in [-0.39, 0.29) is 5.41 Å². The molecule has 3 rings (SSSR count). The summed E-state index contributed by atoms with van der Waals surface area (Å²) in [4.78, 5) is 4.93. The molecule has 0 atom stereocenters. The van der Waals surface area contributed by atoms with Crippen molar-refractivity contribution in [3.63, 3.8) is 0 Å². The Labute approximate surface area is 127 Å². The monoisotopic (exact) mass is 285 g/mol. The summed E-state index contributed by atoms with van der Waals surface area (Å²) in [7, 11) is 0. The molecule has 2 aromatic rings. The summed E-state index contributed by atoms with van der Waals surface area (Å²) in [6.45, 7) is 4.08. The molecule has 2 N–H and O–H groups in total. The van der Waals surface area contributed by atoms with Crippen molar-refractivity contribution in [2.75, 3.05) is 6.54 Å². The first-order valence-electron chi connectivity index (χ1n) is 8.42. The number of rotatable bonds is 5. The molecule has 1 fully saturated rings. The van der Waals surface area contributed by atoms with Gasteiger partial charge >= 0.3 is 0 Å². The molecule has 0 bridgehead atoms. The Bertz CT molecular complexity index is 594. The second kappa shape index (κ2) is 6.18. The molecule has 1 saturated carbocycles. The summed E-state index contributed by atoms with van der Waals surface area (Å²) in [5, 5.41) is 0. The van der Waals surface area contributed by atoms with Gasteiger partial charge in [-0.15, -0.1) is 0 Å². The number of fused-ring (bicyclic) bond motifs is 1. The number of nitrogens with two attached hydrogens (primary N) is 1. The Morgan fingerprint density at radius 2 is 1.95 bits per heavy atom. The van der Waals surface area contributed by atoms with Gasteiger partial charge in [0, 0.05) is 13.0 Å². The van der Waals surface area contributed by atoms with Gasteiger partial charge in [-0.05, 0) is 43.4 Å². The Balaban J connectivity index is 1.96. The van der Waals surface area contributed by atoms with Gasteiger partial charge in [0.15, 0.2) is 0 Å². The Hall–Kier alpha value is -1.35. The first kappa shape index (κ1) is 14.6. The van der Waals surface area contributed by atoms with Crippen molar-refractivity contribution < 1.29 is 0 Å². The second-order valence-corrected chi connectivity index (χ2v) is 6.61. The minimum absolute atomic E-state index is 0.283. The molecule has 0 saturated heterocycles. The van der Waals surface area contributed by atoms with E-state index in [0.717, 1.165) is 31.4 Å². The van der Waals surface area contributed by atoms with E-state index in [9.17, 15) is 0 Å². The standard InChI is InChI=1S/C18H27N3/c1-2-12-21-16-9-5-4-8-15(16)20-17(21)13-18(14-19)10-6-3-7-11-18/h4-5,8-9H,2-3,6-7,10-14,19H2,1H3. The van der Waals surface area contributed by atoms with Crippen molar-refractivity contribution >= 4 is 11.0 Å². The average molecular weight is 285 g/mol. The molecule has 114 valence electrons. The van der Waals surface area contributed by atoms with Gasteiger partial charge < -0.3 is 10.3 Å². The first-order valence-corrected chi connectivity index (χ1v) is 8.42. The highest BCUT2D eigenvalue weighted by Gasteiger charge is 2.32. The van der Waals surface area contributed by atoms with Crippen LogP contribution in [0.15, 0.2) is 24.3 Å². The number of aryl methyl sites for hydroxylation is 1. The van der Waals surface area contributed by atoms with Crippen molar-refractivity contribution in [2.45, 2.75) is 58.4 Å². The minimum atomic E-state index is 0.283. The fourth-order valence-corrected chi connectivity index (χ4v) is 3.82. The summed E-state index contributed by atoms with van der Waals surface area (Å²) in [5.41, 5.74) is 8.85. The second-order valence-electron chi connectivity index (χ2n) is 6.61. The lowest BCUT2D eigenvalue weighted by molar-refractivity contribution is 0.192. The van der Waals surface area contributed by atoms with Gasteiger partial charge in [-0.2, -0.15) is 0 Å². The lowest BCUT2D eigenvalue weighted by Gasteiger charge is -2.36. The van der Waals surface area contributed by atoms with Gasteiger partial charge in [0.25, 0.3) is 0 Å². The predicted octanol–water partition coefficient (Wildman–Crippen LogP) is 3.90. The van der Waals surface area contributed by atoms with Gasteiger partial charge in [0.05, 0.1) is 11.0 Å². The van der Waals surface area contributed by atoms with E-state index in [0.29, 0.717) is 0 Å². The van der Waals surface area contributed by atoms with E-state index in [2.05, 4.69) is 35.8 Å². The molecule has 0 spiro atoms. The van der Waals surface area contributed by atoms with E-state index in [1.807, 2.05) is 0 Å². The first-order chi connectivity index (χ1) is 10.3. The van der Waals surface area contributed by atoms with Crippen LogP contribution in [-0.4, -0.2) is 16.1 Å². The molecule has 3 heteroatoms. The highest BCUT2D eigenvalue weighted by atomic mass is 15.1. The zero-order chi connectivity index (χ0) is 14.7. The molecule has 1 aromatic heterocycles. The van der Waals surface area contributed by atoms with Crippen molar-refractivity contribution in [3.8, 4) is 0 Å². The lowest BCUT2D eigenvalue weighted by Crippen LogP contribution is -2.35. The summed E-state index contributed by atoms with van der Waals surface area (Å²) in [6, 6.07) is 8.51. The maximum atomic E-state index is 6.17. The van der Waals surface area contributed by atoms with Crippen LogP contribution in [0.4, 0.5) is 0 Å². The third-order valence-corrected chi connectivity index (χ3v) is 5.06. The Morgan fingerprint density at radius 1 is 1.19 bits per heavy atom. The molecule has 0 amide bonds. The van der Waals surface area contributed by atoms with Crippen LogP contribution in [-0.2, 0) is 13.0 Å². The highest BCUT2D eigenvalue weighted by Crippen LogP contribution is 2.38. The smallest absolute Gasteiger partial charge is 0.110 e. The molecular weight excluding hydrogens is 258 g/mol. The van der Waals surface area contributed by atoms with Crippen LogP contribution in [0.2, 0.25) is 0 Å². The Kier molecular flexibility index (Phi) is 4.29. The molecule has 1 aliphatic carbocycles. The largest absolute Gasteiger partial charge is 0.330 e. The van der Waals surface area contributed by atoms with Crippen LogP contribution in [0.25, 0.3) is 11.0 Å². The zero-order valence-electron chi connectivity index (χ0n) is 13.1. The maximum Gasteiger partial charge on any atom is 0.110 e. The summed E-state index contributed by atoms with van der Waals surface area (Å²) in [6.07, 6.45) is 8.72. The molecule has 1 heterocycles. The van der Waals surface area contributed by atoms with Gasteiger partial charge in [-0.1, -0.05) is 38.3 Å². The molecule has 1 aliphatic rings. The number of nitrogens with zero attached hydrogens (tertiary/aromatic N) is 2. The Morgan fingerprint density at radius 3 is 2.67 bits per heavy atom. The topological polar surface area (TPSA) is 43.8 Å². The molecule has 21 heavy (non-hydrogen) atoms. The highest BCUT2D eigenvalue weighted by molar-refractivity contribution is 5.75. The third kappa shape index (κ3) is 2.84. The number of benzene rings is 1. The maximum absolute atomic E-state index is 6.17. The number of para-hydroxylation sites is 2.